The molecule has 3 aromatic rings. The standard InChI is InChI=1S/C22H16ClN5O4/c1-13-18(11-24)21(30)28(17-9-7-16(23)8-10-17)27-19(13)20(29)26-25-12-14-3-5-15(6-4-14)22(31)32-2/h3-10,12H,1-2H3,(H,26,29)/b25-12+. The first-order valence-corrected chi connectivity index (χ1v) is 9.55. The van der Waals surface area contributed by atoms with Gasteiger partial charge in [-0.1, -0.05) is 23.7 Å². The number of hydrogen-bond donors (Lipinski definition) is 1. The number of halogens is 1. The third-order valence-corrected chi connectivity index (χ3v) is 4.70. The molecule has 0 atom stereocenters. The molecule has 0 spiro atoms. The summed E-state index contributed by atoms with van der Waals surface area (Å²) in [6, 6.07) is 14.4. The van der Waals surface area contributed by atoms with Crippen molar-refractivity contribution in [3.8, 4) is 11.8 Å². The number of benzene rings is 2. The molecule has 0 aliphatic rings. The van der Waals surface area contributed by atoms with Gasteiger partial charge in [0.2, 0.25) is 0 Å². The van der Waals surface area contributed by atoms with Crippen LogP contribution in [0.25, 0.3) is 5.69 Å². The summed E-state index contributed by atoms with van der Waals surface area (Å²) in [5.74, 6) is -1.17. The van der Waals surface area contributed by atoms with Crippen molar-refractivity contribution in [2.45, 2.75) is 6.92 Å². The molecule has 0 aliphatic heterocycles. The van der Waals surface area contributed by atoms with Crippen LogP contribution in [0.3, 0.4) is 0 Å². The number of rotatable bonds is 5. The summed E-state index contributed by atoms with van der Waals surface area (Å²) in [4.78, 5) is 36.8. The number of nitrogens with one attached hydrogen (secondary N) is 1. The minimum Gasteiger partial charge on any atom is -0.465 e. The van der Waals surface area contributed by atoms with Gasteiger partial charge in [-0.3, -0.25) is 9.59 Å². The quantitative estimate of drug-likeness (QED) is 0.362. The number of nitrogens with zero attached hydrogens (tertiary/aromatic N) is 4. The molecule has 3 rings (SSSR count). The highest BCUT2D eigenvalue weighted by Gasteiger charge is 2.20. The molecule has 160 valence electrons. The molecule has 32 heavy (non-hydrogen) atoms. The minimum absolute atomic E-state index is 0.130. The highest BCUT2D eigenvalue weighted by Crippen LogP contribution is 2.14. The number of ether oxygens (including phenoxy) is 1. The number of esters is 1. The average molecular weight is 450 g/mol. The number of hydrazone groups is 1. The average Bonchev–Trinajstić information content (AvgIpc) is 2.80. The van der Waals surface area contributed by atoms with Crippen LogP contribution in [0.15, 0.2) is 58.4 Å². The van der Waals surface area contributed by atoms with Gasteiger partial charge in [-0.05, 0) is 48.9 Å². The summed E-state index contributed by atoms with van der Waals surface area (Å²) in [6.45, 7) is 1.46. The maximum Gasteiger partial charge on any atom is 0.337 e. The predicted octanol–water partition coefficient (Wildman–Crippen LogP) is 2.62. The summed E-state index contributed by atoms with van der Waals surface area (Å²) >= 11 is 5.88. The smallest absolute Gasteiger partial charge is 0.337 e. The first-order chi connectivity index (χ1) is 15.3. The maximum absolute atomic E-state index is 12.7. The molecule has 1 N–H and O–H groups in total. The van der Waals surface area contributed by atoms with E-state index in [0.717, 1.165) is 4.68 Å². The van der Waals surface area contributed by atoms with Gasteiger partial charge < -0.3 is 4.74 Å². The number of amides is 1. The molecular weight excluding hydrogens is 434 g/mol. The van der Waals surface area contributed by atoms with E-state index < -0.39 is 17.4 Å². The fourth-order valence-electron chi connectivity index (χ4n) is 2.75. The van der Waals surface area contributed by atoms with Gasteiger partial charge in [0.05, 0.1) is 24.6 Å². The normalized spacial score (nSPS) is 10.6. The second-order valence-corrected chi connectivity index (χ2v) is 6.90. The van der Waals surface area contributed by atoms with Gasteiger partial charge in [-0.25, -0.2) is 10.2 Å². The number of carbonyl (C=O) groups excluding carboxylic acids is 2. The Morgan fingerprint density at radius 3 is 2.44 bits per heavy atom. The molecule has 0 saturated heterocycles. The summed E-state index contributed by atoms with van der Waals surface area (Å²) < 4.78 is 5.60. The van der Waals surface area contributed by atoms with Crippen molar-refractivity contribution >= 4 is 29.7 Å². The second kappa shape index (κ2) is 9.68. The van der Waals surface area contributed by atoms with E-state index in [4.69, 9.17) is 11.6 Å². The number of nitriles is 1. The fourth-order valence-corrected chi connectivity index (χ4v) is 2.88. The topological polar surface area (TPSA) is 126 Å². The van der Waals surface area contributed by atoms with E-state index in [-0.39, 0.29) is 16.8 Å². The van der Waals surface area contributed by atoms with E-state index in [2.05, 4.69) is 20.4 Å². The lowest BCUT2D eigenvalue weighted by Gasteiger charge is -2.10. The number of aromatic nitrogens is 2. The van der Waals surface area contributed by atoms with Crippen LogP contribution in [-0.2, 0) is 4.74 Å². The van der Waals surface area contributed by atoms with Crippen LogP contribution in [0.5, 0.6) is 0 Å². The number of hydrogen-bond acceptors (Lipinski definition) is 7. The third-order valence-electron chi connectivity index (χ3n) is 4.45. The first kappa shape index (κ1) is 22.4. The van der Waals surface area contributed by atoms with Crippen molar-refractivity contribution in [2.75, 3.05) is 7.11 Å². The van der Waals surface area contributed by atoms with Crippen molar-refractivity contribution < 1.29 is 14.3 Å². The van der Waals surface area contributed by atoms with Crippen LogP contribution in [0.4, 0.5) is 0 Å². The van der Waals surface area contributed by atoms with Crippen molar-refractivity contribution in [1.82, 2.24) is 15.2 Å². The Morgan fingerprint density at radius 2 is 1.84 bits per heavy atom. The van der Waals surface area contributed by atoms with Gasteiger partial charge in [0, 0.05) is 10.6 Å². The van der Waals surface area contributed by atoms with E-state index in [0.29, 0.717) is 21.8 Å². The molecule has 0 aliphatic carbocycles. The van der Waals surface area contributed by atoms with E-state index in [9.17, 15) is 19.6 Å². The molecule has 9 nitrogen and oxygen atoms in total. The second-order valence-electron chi connectivity index (χ2n) is 6.47. The predicted molar refractivity (Wildman–Crippen MR) is 117 cm³/mol. The maximum atomic E-state index is 12.7. The lowest BCUT2D eigenvalue weighted by atomic mass is 10.1. The molecule has 0 unspecified atom stereocenters. The molecule has 2 aromatic carbocycles. The summed E-state index contributed by atoms with van der Waals surface area (Å²) in [5, 5.41) is 17.9. The van der Waals surface area contributed by atoms with Crippen molar-refractivity contribution in [3.05, 3.63) is 91.9 Å². The molecule has 0 bridgehead atoms. The fraction of sp³-hybridized carbons (Fsp3) is 0.0909. The monoisotopic (exact) mass is 449 g/mol. The van der Waals surface area contributed by atoms with Crippen LogP contribution in [-0.4, -0.2) is 35.0 Å². The Hall–Kier alpha value is -4.29. The lowest BCUT2D eigenvalue weighted by molar-refractivity contribution is 0.0600. The third kappa shape index (κ3) is 4.71. The Balaban J connectivity index is 1.87. The minimum atomic E-state index is -0.704. The molecule has 0 saturated carbocycles. The molecular formula is C22H16ClN5O4. The van der Waals surface area contributed by atoms with Crippen molar-refractivity contribution in [1.29, 1.82) is 5.26 Å². The van der Waals surface area contributed by atoms with Crippen LogP contribution in [0.1, 0.15) is 37.5 Å². The van der Waals surface area contributed by atoms with Crippen molar-refractivity contribution in [2.24, 2.45) is 5.10 Å². The highest BCUT2D eigenvalue weighted by molar-refractivity contribution is 6.30. The number of carbonyl (C=O) groups is 2. The van der Waals surface area contributed by atoms with E-state index in [1.165, 1.54) is 20.2 Å². The zero-order valence-electron chi connectivity index (χ0n) is 17.0. The Kier molecular flexibility index (Phi) is 6.77. The van der Waals surface area contributed by atoms with Gasteiger partial charge in [0.1, 0.15) is 11.6 Å². The summed E-state index contributed by atoms with van der Waals surface area (Å²) in [7, 11) is 1.29. The zero-order valence-corrected chi connectivity index (χ0v) is 17.8. The SMILES string of the molecule is COC(=O)c1ccc(/C=N/NC(=O)c2nn(-c3ccc(Cl)cc3)c(=O)c(C#N)c2C)cc1. The van der Waals surface area contributed by atoms with Crippen LogP contribution in [0, 0.1) is 18.3 Å². The summed E-state index contributed by atoms with van der Waals surface area (Å²) in [5.41, 5.74) is 2.81. The molecule has 0 radical (unpaired) electrons. The van der Waals surface area contributed by atoms with Gasteiger partial charge in [0.25, 0.3) is 11.5 Å². The Bertz CT molecular complexity index is 1310. The zero-order chi connectivity index (χ0) is 23.3. The molecule has 10 heteroatoms. The van der Waals surface area contributed by atoms with Gasteiger partial charge in [-0.15, -0.1) is 0 Å². The Morgan fingerprint density at radius 1 is 1.19 bits per heavy atom. The number of methoxy groups -OCH3 is 1. The molecule has 0 fully saturated rings. The van der Waals surface area contributed by atoms with Gasteiger partial charge in [-0.2, -0.15) is 20.1 Å². The molecule has 1 amide bonds. The van der Waals surface area contributed by atoms with Crippen LogP contribution < -0.4 is 11.0 Å². The largest absolute Gasteiger partial charge is 0.465 e. The molecule has 1 aromatic heterocycles. The lowest BCUT2D eigenvalue weighted by Crippen LogP contribution is -2.31. The van der Waals surface area contributed by atoms with E-state index >= 15 is 0 Å². The molecule has 1 heterocycles. The van der Waals surface area contributed by atoms with E-state index in [1.54, 1.807) is 48.5 Å². The summed E-state index contributed by atoms with van der Waals surface area (Å²) in [6.07, 6.45) is 1.37. The van der Waals surface area contributed by atoms with Crippen LogP contribution >= 0.6 is 11.6 Å². The first-order valence-electron chi connectivity index (χ1n) is 9.17. The van der Waals surface area contributed by atoms with E-state index in [1.807, 2.05) is 6.07 Å². The van der Waals surface area contributed by atoms with Gasteiger partial charge >= 0.3 is 5.97 Å². The van der Waals surface area contributed by atoms with Gasteiger partial charge in [0.15, 0.2) is 5.69 Å². The van der Waals surface area contributed by atoms with Crippen molar-refractivity contribution in [3.63, 3.8) is 0 Å². The highest BCUT2D eigenvalue weighted by atomic mass is 35.5. The van der Waals surface area contributed by atoms with Crippen LogP contribution in [0.2, 0.25) is 5.02 Å². The Labute approximate surface area is 187 Å².